The third kappa shape index (κ3) is 4.20. The fourth-order valence-electron chi connectivity index (χ4n) is 2.91. The molecule has 1 aromatic carbocycles. The van der Waals surface area contributed by atoms with Crippen molar-refractivity contribution < 1.29 is 31.1 Å². The number of alkyl halides is 3. The molecule has 2 heterocycles. The lowest BCUT2D eigenvalue weighted by molar-refractivity contribution is -0.138. The molecule has 1 N–H and O–H groups in total. The van der Waals surface area contributed by atoms with Crippen LogP contribution in [0.3, 0.4) is 0 Å². The maximum Gasteiger partial charge on any atom is 0.420 e. The van der Waals surface area contributed by atoms with Crippen LogP contribution in [-0.2, 0) is 27.3 Å². The van der Waals surface area contributed by atoms with E-state index in [1.807, 2.05) is 0 Å². The third-order valence-corrected chi connectivity index (χ3v) is 5.39. The molecular formula is C17H18F3N3O4S. The fraction of sp³-hybridized carbons (Fsp3) is 0.412. The number of halogens is 3. The number of aryl methyl sites for hydroxylation is 1. The van der Waals surface area contributed by atoms with E-state index < -0.39 is 33.2 Å². The van der Waals surface area contributed by atoms with Crippen LogP contribution in [0, 0.1) is 12.8 Å². The highest BCUT2D eigenvalue weighted by molar-refractivity contribution is 7.90. The first kappa shape index (κ1) is 20.3. The van der Waals surface area contributed by atoms with E-state index in [9.17, 15) is 26.4 Å². The van der Waals surface area contributed by atoms with E-state index in [-0.39, 0.29) is 28.7 Å². The number of amides is 1. The number of rotatable bonds is 5. The summed E-state index contributed by atoms with van der Waals surface area (Å²) >= 11 is 0. The lowest BCUT2D eigenvalue weighted by atomic mass is 10.1. The monoisotopic (exact) mass is 417 g/mol. The number of benzene rings is 1. The van der Waals surface area contributed by atoms with Gasteiger partial charge in [-0.3, -0.25) is 9.48 Å². The summed E-state index contributed by atoms with van der Waals surface area (Å²) in [5.41, 5.74) is -1.95. The summed E-state index contributed by atoms with van der Waals surface area (Å²) in [5.74, 6) is -1.04. The highest BCUT2D eigenvalue weighted by atomic mass is 32.2. The van der Waals surface area contributed by atoms with E-state index in [4.69, 9.17) is 4.74 Å². The molecule has 1 amide bonds. The van der Waals surface area contributed by atoms with Crippen LogP contribution in [0.4, 0.5) is 18.9 Å². The summed E-state index contributed by atoms with van der Waals surface area (Å²) in [4.78, 5) is 12.7. The minimum atomic E-state index is -4.76. The second-order valence-electron chi connectivity index (χ2n) is 6.65. The molecule has 0 atom stereocenters. The summed E-state index contributed by atoms with van der Waals surface area (Å²) in [6.45, 7) is 2.08. The van der Waals surface area contributed by atoms with Crippen molar-refractivity contribution >= 4 is 21.4 Å². The first-order chi connectivity index (χ1) is 13.0. The van der Waals surface area contributed by atoms with Gasteiger partial charge >= 0.3 is 6.18 Å². The van der Waals surface area contributed by atoms with Gasteiger partial charge in [-0.25, -0.2) is 8.42 Å². The Kier molecular flexibility index (Phi) is 5.24. The smallest absolute Gasteiger partial charge is 0.381 e. The molecule has 3 rings (SSSR count). The number of nitrogens with zero attached hydrogens (tertiary/aromatic N) is 2. The minimum absolute atomic E-state index is 0.0273. The second kappa shape index (κ2) is 7.21. The van der Waals surface area contributed by atoms with Crippen LogP contribution in [0.2, 0.25) is 0 Å². The summed E-state index contributed by atoms with van der Waals surface area (Å²) in [6, 6.07) is 5.31. The molecule has 0 aliphatic carbocycles. The van der Waals surface area contributed by atoms with Crippen LogP contribution < -0.4 is 5.32 Å². The molecule has 1 aliphatic rings. The Morgan fingerprint density at radius 1 is 1.36 bits per heavy atom. The van der Waals surface area contributed by atoms with Crippen molar-refractivity contribution in [1.82, 2.24) is 9.78 Å². The molecule has 1 saturated heterocycles. The van der Waals surface area contributed by atoms with E-state index in [0.717, 1.165) is 10.9 Å². The summed E-state index contributed by atoms with van der Waals surface area (Å²) in [5, 5.41) is 6.25. The Balaban J connectivity index is 1.98. The van der Waals surface area contributed by atoms with Crippen LogP contribution in [0.25, 0.3) is 0 Å². The summed E-state index contributed by atoms with van der Waals surface area (Å²) in [7, 11) is -3.54. The zero-order valence-electron chi connectivity index (χ0n) is 15.1. The SMILES string of the molecule is Cc1nn(CC2COC2)c(C(=O)Nc2cccc(S(C)(=O)=O)c2)c1C(F)(F)F. The Bertz CT molecular complexity index is 1010. The average molecular weight is 417 g/mol. The average Bonchev–Trinajstić information content (AvgIpc) is 2.87. The van der Waals surface area contributed by atoms with Crippen molar-refractivity contribution in [2.75, 3.05) is 24.8 Å². The highest BCUT2D eigenvalue weighted by Crippen LogP contribution is 2.35. The van der Waals surface area contributed by atoms with Gasteiger partial charge in [-0.05, 0) is 25.1 Å². The van der Waals surface area contributed by atoms with Crippen molar-refractivity contribution in [1.29, 1.82) is 0 Å². The Morgan fingerprint density at radius 3 is 2.57 bits per heavy atom. The molecule has 152 valence electrons. The fourth-order valence-corrected chi connectivity index (χ4v) is 3.58. The molecule has 1 aromatic heterocycles. The van der Waals surface area contributed by atoms with Gasteiger partial charge < -0.3 is 10.1 Å². The molecule has 1 aliphatic heterocycles. The number of aromatic nitrogens is 2. The van der Waals surface area contributed by atoms with Gasteiger partial charge in [-0.15, -0.1) is 0 Å². The molecule has 28 heavy (non-hydrogen) atoms. The topological polar surface area (TPSA) is 90.3 Å². The Hall–Kier alpha value is -2.40. The number of ether oxygens (including phenoxy) is 1. The Labute approximate surface area is 159 Å². The molecule has 0 spiro atoms. The quantitative estimate of drug-likeness (QED) is 0.807. The first-order valence-corrected chi connectivity index (χ1v) is 10.2. The zero-order valence-corrected chi connectivity index (χ0v) is 15.9. The van der Waals surface area contributed by atoms with Gasteiger partial charge in [0.15, 0.2) is 9.84 Å². The normalized spacial score (nSPS) is 15.3. The van der Waals surface area contributed by atoms with Crippen LogP contribution in [-0.4, -0.2) is 43.6 Å². The number of nitrogens with one attached hydrogen (secondary N) is 1. The van der Waals surface area contributed by atoms with Crippen molar-refractivity contribution in [2.24, 2.45) is 5.92 Å². The zero-order chi connectivity index (χ0) is 20.7. The molecule has 0 unspecified atom stereocenters. The van der Waals surface area contributed by atoms with E-state index >= 15 is 0 Å². The highest BCUT2D eigenvalue weighted by Gasteiger charge is 2.41. The van der Waals surface area contributed by atoms with Gasteiger partial charge in [-0.2, -0.15) is 18.3 Å². The number of anilines is 1. The largest absolute Gasteiger partial charge is 0.420 e. The van der Waals surface area contributed by atoms with Crippen molar-refractivity contribution in [3.05, 3.63) is 41.2 Å². The summed E-state index contributed by atoms with van der Waals surface area (Å²) in [6.07, 6.45) is -3.77. The van der Waals surface area contributed by atoms with Gasteiger partial charge in [0.2, 0.25) is 0 Å². The lowest BCUT2D eigenvalue weighted by Gasteiger charge is -2.26. The van der Waals surface area contributed by atoms with E-state index in [2.05, 4.69) is 10.4 Å². The first-order valence-electron chi connectivity index (χ1n) is 8.30. The maximum atomic E-state index is 13.5. The predicted octanol–water partition coefficient (Wildman–Crippen LogP) is 2.51. The van der Waals surface area contributed by atoms with Crippen LogP contribution in [0.15, 0.2) is 29.2 Å². The molecule has 0 radical (unpaired) electrons. The third-order valence-electron chi connectivity index (χ3n) is 4.28. The van der Waals surface area contributed by atoms with Crippen molar-refractivity contribution in [3.8, 4) is 0 Å². The van der Waals surface area contributed by atoms with Crippen molar-refractivity contribution in [2.45, 2.75) is 24.5 Å². The Morgan fingerprint density at radius 2 is 2.04 bits per heavy atom. The number of sulfone groups is 1. The van der Waals surface area contributed by atoms with Gasteiger partial charge in [-0.1, -0.05) is 6.07 Å². The molecule has 2 aromatic rings. The number of carbonyl (C=O) groups is 1. The molecule has 1 fully saturated rings. The van der Waals surface area contributed by atoms with Crippen LogP contribution in [0.1, 0.15) is 21.7 Å². The van der Waals surface area contributed by atoms with Gasteiger partial charge in [0.25, 0.3) is 5.91 Å². The number of hydrogen-bond donors (Lipinski definition) is 1. The van der Waals surface area contributed by atoms with E-state index in [1.54, 1.807) is 0 Å². The maximum absolute atomic E-state index is 13.5. The molecule has 0 saturated carbocycles. The van der Waals surface area contributed by atoms with Gasteiger partial charge in [0.05, 0.1) is 23.8 Å². The van der Waals surface area contributed by atoms with Crippen LogP contribution >= 0.6 is 0 Å². The van der Waals surface area contributed by atoms with Crippen LogP contribution in [0.5, 0.6) is 0 Å². The minimum Gasteiger partial charge on any atom is -0.381 e. The summed E-state index contributed by atoms with van der Waals surface area (Å²) < 4.78 is 70.0. The molecule has 0 bridgehead atoms. The van der Waals surface area contributed by atoms with Crippen molar-refractivity contribution in [3.63, 3.8) is 0 Å². The predicted molar refractivity (Wildman–Crippen MR) is 93.8 cm³/mol. The molecule has 11 heteroatoms. The van der Waals surface area contributed by atoms with Gasteiger partial charge in [0, 0.05) is 24.4 Å². The lowest BCUT2D eigenvalue weighted by Crippen LogP contribution is -2.33. The molecular weight excluding hydrogens is 399 g/mol. The van der Waals surface area contributed by atoms with E-state index in [1.165, 1.54) is 31.2 Å². The standard InChI is InChI=1S/C17H18F3N3O4S/c1-10-14(17(18,19)20)15(23(22-10)7-11-8-27-9-11)16(24)21-12-4-3-5-13(6-12)28(2,25)26/h3-6,11H,7-9H2,1-2H3,(H,21,24). The number of carbonyl (C=O) groups excluding carboxylic acids is 1. The second-order valence-corrected chi connectivity index (χ2v) is 8.66. The number of hydrogen-bond acceptors (Lipinski definition) is 5. The van der Waals surface area contributed by atoms with Gasteiger partial charge in [0.1, 0.15) is 11.3 Å². The molecule has 7 nitrogen and oxygen atoms in total. The van der Waals surface area contributed by atoms with E-state index in [0.29, 0.717) is 13.2 Å².